The highest BCUT2D eigenvalue weighted by Crippen LogP contribution is 2.28. The van der Waals surface area contributed by atoms with Crippen molar-refractivity contribution in [2.45, 2.75) is 32.9 Å². The molecule has 19 heavy (non-hydrogen) atoms. The van der Waals surface area contributed by atoms with Gasteiger partial charge in [-0.25, -0.2) is 0 Å². The van der Waals surface area contributed by atoms with Crippen molar-refractivity contribution in [2.24, 2.45) is 5.92 Å². The molecule has 4 nitrogen and oxygen atoms in total. The van der Waals surface area contributed by atoms with Crippen molar-refractivity contribution in [3.63, 3.8) is 0 Å². The first-order valence-corrected chi connectivity index (χ1v) is 7.25. The van der Waals surface area contributed by atoms with Crippen LogP contribution in [0.3, 0.4) is 0 Å². The van der Waals surface area contributed by atoms with E-state index in [1.165, 1.54) is 18.5 Å². The van der Waals surface area contributed by atoms with Gasteiger partial charge < -0.3 is 4.74 Å². The van der Waals surface area contributed by atoms with Gasteiger partial charge in [0.2, 0.25) is 0 Å². The molecule has 0 atom stereocenters. The highest BCUT2D eigenvalue weighted by atomic mass is 16.5. The molecule has 3 rings (SSSR count). The van der Waals surface area contributed by atoms with E-state index in [0.717, 1.165) is 56.6 Å². The minimum absolute atomic E-state index is 0.859. The van der Waals surface area contributed by atoms with E-state index in [0.29, 0.717) is 0 Å². The minimum Gasteiger partial charge on any atom is -0.380 e. The Labute approximate surface area is 115 Å². The molecule has 1 saturated carbocycles. The summed E-state index contributed by atoms with van der Waals surface area (Å²) < 4.78 is 7.83. The fourth-order valence-electron chi connectivity index (χ4n) is 2.45. The lowest BCUT2D eigenvalue weighted by Gasteiger charge is -2.27. The van der Waals surface area contributed by atoms with Gasteiger partial charge in [-0.1, -0.05) is 6.58 Å². The molecule has 0 unspecified atom stereocenters. The van der Waals surface area contributed by atoms with E-state index in [4.69, 9.17) is 4.74 Å². The number of fused-ring (bicyclic) bond motifs is 1. The third-order valence-corrected chi connectivity index (χ3v) is 3.92. The molecule has 104 valence electrons. The SMILES string of the molecule is C=C(C)c1cc2n(n1)CCN(CCOCC1CC1)C2. The van der Waals surface area contributed by atoms with Crippen LogP contribution in [-0.4, -0.2) is 41.0 Å². The van der Waals surface area contributed by atoms with Crippen molar-refractivity contribution < 1.29 is 4.74 Å². The standard InChI is InChI=1S/C15H23N3O/c1-12(2)15-9-14-10-17(5-6-18(14)16-15)7-8-19-11-13-3-4-13/h9,13H,1,3-8,10-11H2,2H3. The first-order valence-electron chi connectivity index (χ1n) is 7.25. The molecule has 1 aliphatic carbocycles. The lowest BCUT2D eigenvalue weighted by Crippen LogP contribution is -2.36. The Hall–Kier alpha value is -1.13. The molecule has 0 N–H and O–H groups in total. The Morgan fingerprint density at radius 3 is 3.05 bits per heavy atom. The molecule has 1 fully saturated rings. The molecular formula is C15H23N3O. The van der Waals surface area contributed by atoms with Crippen LogP contribution in [0.15, 0.2) is 12.6 Å². The molecule has 0 bridgehead atoms. The third-order valence-electron chi connectivity index (χ3n) is 3.92. The Kier molecular flexibility index (Phi) is 3.71. The van der Waals surface area contributed by atoms with E-state index in [1.807, 2.05) is 6.92 Å². The predicted octanol–water partition coefficient (Wildman–Crippen LogP) is 2.16. The van der Waals surface area contributed by atoms with Crippen molar-refractivity contribution in [2.75, 3.05) is 26.3 Å². The van der Waals surface area contributed by atoms with Crippen LogP contribution in [0.4, 0.5) is 0 Å². The van der Waals surface area contributed by atoms with Gasteiger partial charge in [-0.2, -0.15) is 5.10 Å². The second kappa shape index (κ2) is 5.47. The summed E-state index contributed by atoms with van der Waals surface area (Å²) in [6.07, 6.45) is 2.74. The van der Waals surface area contributed by atoms with Crippen molar-refractivity contribution in [3.8, 4) is 0 Å². The average Bonchev–Trinajstić information content (AvgIpc) is 3.11. The Bertz CT molecular complexity index is 462. The summed E-state index contributed by atoms with van der Waals surface area (Å²) in [6.45, 7) is 11.8. The van der Waals surface area contributed by atoms with E-state index in [9.17, 15) is 0 Å². The number of rotatable bonds is 6. The number of nitrogens with zero attached hydrogens (tertiary/aromatic N) is 3. The van der Waals surface area contributed by atoms with Gasteiger partial charge in [0.25, 0.3) is 0 Å². The van der Waals surface area contributed by atoms with Crippen LogP contribution in [0.1, 0.15) is 31.2 Å². The van der Waals surface area contributed by atoms with Gasteiger partial charge in [0.05, 0.1) is 24.5 Å². The lowest BCUT2D eigenvalue weighted by molar-refractivity contribution is 0.0863. The Balaban J connectivity index is 1.48. The van der Waals surface area contributed by atoms with Gasteiger partial charge >= 0.3 is 0 Å². The molecule has 0 amide bonds. The quantitative estimate of drug-likeness (QED) is 0.735. The van der Waals surface area contributed by atoms with Gasteiger partial charge in [0.1, 0.15) is 0 Å². The Morgan fingerprint density at radius 2 is 2.32 bits per heavy atom. The van der Waals surface area contributed by atoms with Crippen LogP contribution in [-0.2, 0) is 17.8 Å². The fraction of sp³-hybridized carbons (Fsp3) is 0.667. The summed E-state index contributed by atoms with van der Waals surface area (Å²) in [5.74, 6) is 0.862. The first-order chi connectivity index (χ1) is 9.22. The average molecular weight is 261 g/mol. The van der Waals surface area contributed by atoms with Crippen LogP contribution in [0.25, 0.3) is 5.57 Å². The van der Waals surface area contributed by atoms with E-state index in [-0.39, 0.29) is 0 Å². The van der Waals surface area contributed by atoms with Crippen molar-refractivity contribution >= 4 is 5.57 Å². The normalized spacial score (nSPS) is 19.4. The van der Waals surface area contributed by atoms with Gasteiger partial charge in [0.15, 0.2) is 0 Å². The fourth-order valence-corrected chi connectivity index (χ4v) is 2.45. The summed E-state index contributed by atoms with van der Waals surface area (Å²) in [5, 5.41) is 4.57. The number of hydrogen-bond donors (Lipinski definition) is 0. The maximum Gasteiger partial charge on any atom is 0.0877 e. The zero-order valence-corrected chi connectivity index (χ0v) is 11.8. The monoisotopic (exact) mass is 261 g/mol. The molecule has 0 saturated heterocycles. The van der Waals surface area contributed by atoms with Gasteiger partial charge in [0, 0.05) is 26.2 Å². The van der Waals surface area contributed by atoms with Crippen LogP contribution >= 0.6 is 0 Å². The van der Waals surface area contributed by atoms with E-state index >= 15 is 0 Å². The Morgan fingerprint density at radius 1 is 1.47 bits per heavy atom. The molecule has 2 aliphatic rings. The molecule has 0 radical (unpaired) electrons. The van der Waals surface area contributed by atoms with Crippen molar-refractivity contribution in [1.82, 2.24) is 14.7 Å². The summed E-state index contributed by atoms with van der Waals surface area (Å²) in [7, 11) is 0. The number of allylic oxidation sites excluding steroid dienone is 1. The van der Waals surface area contributed by atoms with E-state index in [1.54, 1.807) is 0 Å². The zero-order chi connectivity index (χ0) is 13.2. The van der Waals surface area contributed by atoms with Crippen LogP contribution in [0, 0.1) is 5.92 Å². The van der Waals surface area contributed by atoms with Crippen molar-refractivity contribution in [3.05, 3.63) is 24.0 Å². The molecule has 1 aliphatic heterocycles. The second-order valence-corrected chi connectivity index (χ2v) is 5.82. The molecule has 4 heteroatoms. The lowest BCUT2D eigenvalue weighted by atomic mass is 10.2. The summed E-state index contributed by atoms with van der Waals surface area (Å²) in [6, 6.07) is 2.17. The predicted molar refractivity (Wildman–Crippen MR) is 75.8 cm³/mol. The molecular weight excluding hydrogens is 238 g/mol. The summed E-state index contributed by atoms with van der Waals surface area (Å²) >= 11 is 0. The van der Waals surface area contributed by atoms with Crippen molar-refractivity contribution in [1.29, 1.82) is 0 Å². The minimum atomic E-state index is 0.859. The van der Waals surface area contributed by atoms with E-state index < -0.39 is 0 Å². The van der Waals surface area contributed by atoms with Crippen LogP contribution in [0.5, 0.6) is 0 Å². The highest BCUT2D eigenvalue weighted by Gasteiger charge is 2.22. The van der Waals surface area contributed by atoms with Gasteiger partial charge in [-0.15, -0.1) is 0 Å². The third kappa shape index (κ3) is 3.25. The molecule has 1 aromatic heterocycles. The maximum absolute atomic E-state index is 5.71. The number of aromatic nitrogens is 2. The number of hydrogen-bond acceptors (Lipinski definition) is 3. The zero-order valence-electron chi connectivity index (χ0n) is 11.8. The van der Waals surface area contributed by atoms with Gasteiger partial charge in [-0.3, -0.25) is 9.58 Å². The van der Waals surface area contributed by atoms with E-state index in [2.05, 4.69) is 27.3 Å². The van der Waals surface area contributed by atoms with Gasteiger partial charge in [-0.05, 0) is 37.3 Å². The molecule has 1 aromatic rings. The summed E-state index contributed by atoms with van der Waals surface area (Å²) in [5.41, 5.74) is 3.37. The molecule has 2 heterocycles. The smallest absolute Gasteiger partial charge is 0.0877 e. The second-order valence-electron chi connectivity index (χ2n) is 5.82. The van der Waals surface area contributed by atoms with Crippen LogP contribution < -0.4 is 0 Å². The summed E-state index contributed by atoms with van der Waals surface area (Å²) in [4.78, 5) is 2.45. The number of ether oxygens (including phenoxy) is 1. The maximum atomic E-state index is 5.71. The molecule has 0 spiro atoms. The molecule has 0 aromatic carbocycles. The van der Waals surface area contributed by atoms with Crippen LogP contribution in [0.2, 0.25) is 0 Å². The largest absolute Gasteiger partial charge is 0.380 e. The highest BCUT2D eigenvalue weighted by molar-refractivity contribution is 5.57. The topological polar surface area (TPSA) is 30.3 Å². The first kappa shape index (κ1) is 12.9.